The molecular formula is C23H49N3O2. The van der Waals surface area contributed by atoms with Gasteiger partial charge in [0.1, 0.15) is 0 Å². The maximum absolute atomic E-state index is 11.2. The minimum absolute atomic E-state index is 0.520. The minimum atomic E-state index is -0.972. The highest BCUT2D eigenvalue weighted by Gasteiger charge is 2.11. The molecule has 0 aliphatic heterocycles. The topological polar surface area (TPSA) is 64.2 Å². The van der Waals surface area contributed by atoms with E-state index in [-0.39, 0.29) is 0 Å². The summed E-state index contributed by atoms with van der Waals surface area (Å²) in [6.45, 7) is 5.95. The first-order chi connectivity index (χ1) is 13.4. The van der Waals surface area contributed by atoms with E-state index >= 15 is 0 Å². The third-order valence-electron chi connectivity index (χ3n) is 5.26. The number of quaternary nitrogens is 1. The lowest BCUT2D eigenvalue weighted by Gasteiger charge is -2.26. The average molecular weight is 400 g/mol. The highest BCUT2D eigenvalue weighted by atomic mass is 16.4. The van der Waals surface area contributed by atoms with Gasteiger partial charge in [0.05, 0.1) is 33.7 Å². The molecule has 1 atom stereocenters. The number of rotatable bonds is 21. The number of likely N-dealkylation sites (N-methyl/N-ethyl adjacent to an activating group) is 1. The summed E-state index contributed by atoms with van der Waals surface area (Å²) in [4.78, 5) is 11.2. The standard InChI is InChI=1S/C23H49N3O2/c1-5-6-7-8-9-10-11-12-13-15-18-24-19-16-14-17-22(23(27)28)25-20-21-26(2,3)4/h22,24-25H,5-21H2,1-4H3/t22-/m0/s1. The number of unbranched alkanes of at least 4 members (excludes halogenated alkanes) is 10. The number of nitrogens with one attached hydrogen (secondary N) is 2. The fraction of sp³-hybridized carbons (Fsp3) is 0.957. The Morgan fingerprint density at radius 2 is 1.29 bits per heavy atom. The number of aliphatic carboxylic acids is 1. The van der Waals surface area contributed by atoms with Gasteiger partial charge in [-0.05, 0) is 32.4 Å². The summed E-state index contributed by atoms with van der Waals surface area (Å²) in [7, 11) is 6.32. The molecule has 0 radical (unpaired) electrons. The molecule has 0 aromatic carbocycles. The molecule has 0 rings (SSSR count). The van der Waals surface area contributed by atoms with E-state index in [0.717, 1.165) is 37.0 Å². The number of carboxylic acids is 1. The monoisotopic (exact) mass is 399 g/mol. The van der Waals surface area contributed by atoms with Crippen LogP contribution in [0.2, 0.25) is 0 Å². The fourth-order valence-electron chi connectivity index (χ4n) is 3.34. The predicted octanol–water partition coefficient (Wildman–Crippen LogP) is 3.08. The van der Waals surface area contributed by atoms with Crippen LogP contribution in [0.15, 0.2) is 0 Å². The van der Waals surface area contributed by atoms with Crippen molar-refractivity contribution >= 4 is 5.97 Å². The summed E-state index contributed by atoms with van der Waals surface area (Å²) in [6.07, 6.45) is 16.3. The lowest BCUT2D eigenvalue weighted by atomic mass is 10.1. The molecule has 0 aliphatic rings. The van der Waals surface area contributed by atoms with Crippen LogP contribution >= 0.6 is 0 Å². The molecule has 0 saturated carbocycles. The molecule has 5 heteroatoms. The highest BCUT2D eigenvalue weighted by Crippen LogP contribution is 2.10. The van der Waals surface area contributed by atoms with Crippen molar-refractivity contribution in [3.8, 4) is 0 Å². The smallest absolute Gasteiger partial charge is 0.0907 e. The van der Waals surface area contributed by atoms with Crippen molar-refractivity contribution in [3.63, 3.8) is 0 Å². The number of carboxylic acid groups (broad SMARTS) is 1. The van der Waals surface area contributed by atoms with Gasteiger partial charge in [-0.3, -0.25) is 0 Å². The molecule has 0 amide bonds. The van der Waals surface area contributed by atoms with Gasteiger partial charge in [-0.1, -0.05) is 71.1 Å². The van der Waals surface area contributed by atoms with Gasteiger partial charge in [0.25, 0.3) is 0 Å². The van der Waals surface area contributed by atoms with Gasteiger partial charge >= 0.3 is 0 Å². The molecule has 0 heterocycles. The van der Waals surface area contributed by atoms with Gasteiger partial charge in [-0.25, -0.2) is 0 Å². The van der Waals surface area contributed by atoms with Gasteiger partial charge in [0.15, 0.2) is 0 Å². The first-order valence-electron chi connectivity index (χ1n) is 11.8. The molecule has 28 heavy (non-hydrogen) atoms. The first-order valence-corrected chi connectivity index (χ1v) is 11.8. The summed E-state index contributed by atoms with van der Waals surface area (Å²) in [6, 6.07) is -0.520. The summed E-state index contributed by atoms with van der Waals surface area (Å²) in [5.74, 6) is -0.972. The third-order valence-corrected chi connectivity index (χ3v) is 5.26. The number of hydrogen-bond donors (Lipinski definition) is 2. The maximum atomic E-state index is 11.2. The summed E-state index contributed by atoms with van der Waals surface area (Å²) >= 11 is 0. The molecule has 168 valence electrons. The second-order valence-corrected chi connectivity index (χ2v) is 9.27. The zero-order chi connectivity index (χ0) is 21.1. The Hall–Kier alpha value is -0.650. The van der Waals surface area contributed by atoms with Gasteiger partial charge in [-0.15, -0.1) is 0 Å². The minimum Gasteiger partial charge on any atom is -0.548 e. The molecule has 0 aromatic rings. The second kappa shape index (κ2) is 18.4. The highest BCUT2D eigenvalue weighted by molar-refractivity contribution is 5.71. The molecule has 5 nitrogen and oxygen atoms in total. The molecule has 0 saturated heterocycles. The van der Waals surface area contributed by atoms with E-state index in [9.17, 15) is 9.90 Å². The molecule has 2 N–H and O–H groups in total. The SMILES string of the molecule is CCCCCCCCCCCCNCCCC[C@H](NCC[N+](C)(C)C)C(=O)[O-]. The van der Waals surface area contributed by atoms with E-state index in [4.69, 9.17) is 0 Å². The van der Waals surface area contributed by atoms with Gasteiger partial charge in [-0.2, -0.15) is 0 Å². The van der Waals surface area contributed by atoms with E-state index in [2.05, 4.69) is 38.7 Å². The van der Waals surface area contributed by atoms with Crippen molar-refractivity contribution in [2.75, 3.05) is 47.3 Å². The lowest BCUT2D eigenvalue weighted by Crippen LogP contribution is -2.49. The van der Waals surface area contributed by atoms with E-state index in [1.165, 1.54) is 64.2 Å². The summed E-state index contributed by atoms with van der Waals surface area (Å²) < 4.78 is 0.829. The van der Waals surface area contributed by atoms with Crippen LogP contribution in [-0.2, 0) is 4.79 Å². The van der Waals surface area contributed by atoms with Crippen LogP contribution in [-0.4, -0.2) is 63.8 Å². The Bertz CT molecular complexity index is 356. The van der Waals surface area contributed by atoms with Crippen LogP contribution in [0.5, 0.6) is 0 Å². The summed E-state index contributed by atoms with van der Waals surface area (Å²) in [5.41, 5.74) is 0. The largest absolute Gasteiger partial charge is 0.548 e. The summed E-state index contributed by atoms with van der Waals surface area (Å²) in [5, 5.41) is 17.9. The van der Waals surface area contributed by atoms with Crippen LogP contribution in [0.3, 0.4) is 0 Å². The van der Waals surface area contributed by atoms with Crippen molar-refractivity contribution in [1.82, 2.24) is 10.6 Å². The van der Waals surface area contributed by atoms with Crippen molar-refractivity contribution in [2.45, 2.75) is 96.4 Å². The van der Waals surface area contributed by atoms with Crippen LogP contribution in [0.4, 0.5) is 0 Å². The van der Waals surface area contributed by atoms with Crippen molar-refractivity contribution in [2.24, 2.45) is 0 Å². The van der Waals surface area contributed by atoms with Crippen molar-refractivity contribution in [3.05, 3.63) is 0 Å². The number of nitrogens with zero attached hydrogens (tertiary/aromatic N) is 1. The van der Waals surface area contributed by atoms with E-state index < -0.39 is 12.0 Å². The normalized spacial score (nSPS) is 13.0. The van der Waals surface area contributed by atoms with Crippen molar-refractivity contribution < 1.29 is 14.4 Å². The average Bonchev–Trinajstić information content (AvgIpc) is 2.62. The van der Waals surface area contributed by atoms with Crippen LogP contribution in [0, 0.1) is 0 Å². The first kappa shape index (κ1) is 27.4. The lowest BCUT2D eigenvalue weighted by molar-refractivity contribution is -0.869. The zero-order valence-electron chi connectivity index (χ0n) is 19.4. The zero-order valence-corrected chi connectivity index (χ0v) is 19.4. The number of carbonyl (C=O) groups is 1. The third kappa shape index (κ3) is 20.1. The Morgan fingerprint density at radius 3 is 1.79 bits per heavy atom. The molecule has 0 spiro atoms. The Labute approximate surface area is 175 Å². The van der Waals surface area contributed by atoms with Gasteiger partial charge < -0.3 is 25.0 Å². The van der Waals surface area contributed by atoms with E-state index in [1.54, 1.807) is 0 Å². The van der Waals surface area contributed by atoms with Crippen LogP contribution in [0.1, 0.15) is 90.4 Å². The van der Waals surface area contributed by atoms with Gasteiger partial charge in [0, 0.05) is 12.6 Å². The Kier molecular flexibility index (Phi) is 18.0. The van der Waals surface area contributed by atoms with Crippen LogP contribution in [0.25, 0.3) is 0 Å². The fourth-order valence-corrected chi connectivity index (χ4v) is 3.34. The maximum Gasteiger partial charge on any atom is 0.0907 e. The number of carbonyl (C=O) groups excluding carboxylic acids is 1. The Morgan fingerprint density at radius 1 is 0.786 bits per heavy atom. The molecule has 0 unspecified atom stereocenters. The molecule has 0 aromatic heterocycles. The van der Waals surface area contributed by atoms with Gasteiger partial charge in [0.2, 0.25) is 0 Å². The quantitative estimate of drug-likeness (QED) is 0.230. The molecule has 0 fully saturated rings. The predicted molar refractivity (Wildman–Crippen MR) is 118 cm³/mol. The van der Waals surface area contributed by atoms with E-state index in [0.29, 0.717) is 13.0 Å². The number of hydrogen-bond acceptors (Lipinski definition) is 4. The molecule has 0 bridgehead atoms. The van der Waals surface area contributed by atoms with Crippen LogP contribution < -0.4 is 15.7 Å². The molecular weight excluding hydrogens is 350 g/mol. The molecule has 0 aliphatic carbocycles. The second-order valence-electron chi connectivity index (χ2n) is 9.27. The Balaban J connectivity index is 3.41. The van der Waals surface area contributed by atoms with E-state index in [1.807, 2.05) is 0 Å². The van der Waals surface area contributed by atoms with Crippen molar-refractivity contribution in [1.29, 1.82) is 0 Å².